The van der Waals surface area contributed by atoms with Gasteiger partial charge in [-0.25, -0.2) is 0 Å². The van der Waals surface area contributed by atoms with Crippen molar-refractivity contribution < 1.29 is 9.53 Å². The van der Waals surface area contributed by atoms with Crippen molar-refractivity contribution in [1.29, 1.82) is 0 Å². The van der Waals surface area contributed by atoms with Crippen LogP contribution in [0.25, 0.3) is 11.1 Å². The molecule has 0 aromatic heterocycles. The highest BCUT2D eigenvalue weighted by Crippen LogP contribution is 2.40. The summed E-state index contributed by atoms with van der Waals surface area (Å²) in [6, 6.07) is 13.5. The second-order valence-corrected chi connectivity index (χ2v) is 5.40. The number of halogens is 1. The molecule has 20 heavy (non-hydrogen) atoms. The molecule has 1 atom stereocenters. The number of benzene rings is 2. The molecule has 0 bridgehead atoms. The summed E-state index contributed by atoms with van der Waals surface area (Å²) in [6.07, 6.45) is 0. The Hall–Kier alpha value is -1.84. The summed E-state index contributed by atoms with van der Waals surface area (Å²) in [4.78, 5) is 12.0. The average molecular weight is 288 g/mol. The number of nitrogens with one attached hydrogen (secondary N) is 1. The van der Waals surface area contributed by atoms with E-state index in [1.165, 1.54) is 0 Å². The van der Waals surface area contributed by atoms with Crippen LogP contribution in [0, 0.1) is 0 Å². The predicted octanol–water partition coefficient (Wildman–Crippen LogP) is 3.82. The topological polar surface area (TPSA) is 38.3 Å². The number of amides is 1. The zero-order valence-corrected chi connectivity index (χ0v) is 12.0. The lowest BCUT2D eigenvalue weighted by Crippen LogP contribution is -2.32. The number of carbonyl (C=O) groups is 1. The van der Waals surface area contributed by atoms with Gasteiger partial charge in [-0.05, 0) is 42.3 Å². The van der Waals surface area contributed by atoms with Crippen molar-refractivity contribution in [1.82, 2.24) is 0 Å². The van der Waals surface area contributed by atoms with Gasteiger partial charge in [0.25, 0.3) is 5.91 Å². The zero-order chi connectivity index (χ0) is 14.3. The molecule has 3 nitrogen and oxygen atoms in total. The molecule has 3 rings (SSSR count). The molecule has 1 aliphatic rings. The summed E-state index contributed by atoms with van der Waals surface area (Å²) in [6.45, 7) is 1.77. The molecule has 0 spiro atoms. The van der Waals surface area contributed by atoms with Gasteiger partial charge in [-0.15, -0.1) is 0 Å². The summed E-state index contributed by atoms with van der Waals surface area (Å²) in [5.41, 5.74) is 2.72. The van der Waals surface area contributed by atoms with Crippen molar-refractivity contribution in [2.75, 3.05) is 12.4 Å². The minimum atomic E-state index is -0.941. The molecule has 1 aliphatic heterocycles. The lowest BCUT2D eigenvalue weighted by molar-refractivity contribution is -0.135. The lowest BCUT2D eigenvalue weighted by atomic mass is 9.93. The van der Waals surface area contributed by atoms with Gasteiger partial charge in [0.2, 0.25) is 0 Å². The van der Waals surface area contributed by atoms with E-state index >= 15 is 0 Å². The Balaban J connectivity index is 2.13. The van der Waals surface area contributed by atoms with Gasteiger partial charge in [-0.1, -0.05) is 29.8 Å². The highest BCUT2D eigenvalue weighted by molar-refractivity contribution is 6.30. The minimum Gasteiger partial charge on any atom is -0.364 e. The molecule has 0 radical (unpaired) electrons. The fraction of sp³-hybridized carbons (Fsp3) is 0.188. The van der Waals surface area contributed by atoms with Crippen LogP contribution in [-0.4, -0.2) is 13.0 Å². The van der Waals surface area contributed by atoms with E-state index in [-0.39, 0.29) is 5.91 Å². The largest absolute Gasteiger partial charge is 0.364 e. The molecular formula is C16H14ClNO2. The Labute approximate surface area is 122 Å². The van der Waals surface area contributed by atoms with E-state index in [0.29, 0.717) is 5.02 Å². The Morgan fingerprint density at radius 1 is 1.15 bits per heavy atom. The average Bonchev–Trinajstić information content (AvgIpc) is 2.71. The van der Waals surface area contributed by atoms with Gasteiger partial charge in [-0.2, -0.15) is 0 Å². The van der Waals surface area contributed by atoms with Gasteiger partial charge in [0.15, 0.2) is 5.60 Å². The second kappa shape index (κ2) is 4.62. The van der Waals surface area contributed by atoms with Gasteiger partial charge in [-0.3, -0.25) is 4.79 Å². The molecule has 102 valence electrons. The molecule has 2 aromatic rings. The van der Waals surface area contributed by atoms with Gasteiger partial charge in [0.05, 0.1) is 0 Å². The van der Waals surface area contributed by atoms with Crippen molar-refractivity contribution in [3.63, 3.8) is 0 Å². The number of hydrogen-bond donors (Lipinski definition) is 1. The quantitative estimate of drug-likeness (QED) is 0.912. The van der Waals surface area contributed by atoms with Crippen LogP contribution in [0.3, 0.4) is 0 Å². The highest BCUT2D eigenvalue weighted by atomic mass is 35.5. The Morgan fingerprint density at radius 3 is 2.60 bits per heavy atom. The number of hydrogen-bond acceptors (Lipinski definition) is 2. The fourth-order valence-electron chi connectivity index (χ4n) is 2.46. The van der Waals surface area contributed by atoms with Gasteiger partial charge in [0.1, 0.15) is 0 Å². The predicted molar refractivity (Wildman–Crippen MR) is 79.9 cm³/mol. The smallest absolute Gasteiger partial charge is 0.261 e. The van der Waals surface area contributed by atoms with Crippen molar-refractivity contribution in [2.24, 2.45) is 0 Å². The molecule has 0 saturated carbocycles. The van der Waals surface area contributed by atoms with Crippen LogP contribution < -0.4 is 5.32 Å². The third-order valence-corrected chi connectivity index (χ3v) is 4.02. The Kier molecular flexibility index (Phi) is 3.04. The van der Waals surface area contributed by atoms with E-state index in [9.17, 15) is 4.79 Å². The highest BCUT2D eigenvalue weighted by Gasteiger charge is 2.43. The molecular weight excluding hydrogens is 274 g/mol. The first kappa shape index (κ1) is 13.2. The summed E-state index contributed by atoms with van der Waals surface area (Å²) in [5, 5.41) is 3.53. The zero-order valence-electron chi connectivity index (χ0n) is 11.2. The van der Waals surface area contributed by atoms with Crippen LogP contribution in [0.4, 0.5) is 5.69 Å². The maximum atomic E-state index is 12.0. The standard InChI is InChI=1S/C16H14ClNO2/c1-16(20-2)13-9-11(6-7-14(13)18-15(16)19)10-4-3-5-12(17)8-10/h3-9H,1-2H3,(H,18,19). The van der Waals surface area contributed by atoms with Gasteiger partial charge >= 0.3 is 0 Å². The summed E-state index contributed by atoms with van der Waals surface area (Å²) in [7, 11) is 1.54. The number of methoxy groups -OCH3 is 1. The van der Waals surface area contributed by atoms with E-state index in [2.05, 4.69) is 5.32 Å². The van der Waals surface area contributed by atoms with Gasteiger partial charge in [0, 0.05) is 23.4 Å². The molecule has 2 aromatic carbocycles. The van der Waals surface area contributed by atoms with E-state index in [4.69, 9.17) is 16.3 Å². The molecule has 4 heteroatoms. The molecule has 1 heterocycles. The molecule has 1 amide bonds. The Morgan fingerprint density at radius 2 is 1.90 bits per heavy atom. The van der Waals surface area contributed by atoms with Crippen LogP contribution in [0.5, 0.6) is 0 Å². The lowest BCUT2D eigenvalue weighted by Gasteiger charge is -2.20. The first-order valence-electron chi connectivity index (χ1n) is 6.31. The molecule has 0 aliphatic carbocycles. The van der Waals surface area contributed by atoms with Crippen LogP contribution >= 0.6 is 11.6 Å². The van der Waals surface area contributed by atoms with Crippen molar-refractivity contribution in [2.45, 2.75) is 12.5 Å². The SMILES string of the molecule is COC1(C)C(=O)Nc2ccc(-c3cccc(Cl)c3)cc21. The van der Waals surface area contributed by atoms with E-state index in [1.54, 1.807) is 14.0 Å². The van der Waals surface area contributed by atoms with Crippen molar-refractivity contribution in [3.05, 3.63) is 53.1 Å². The molecule has 0 fully saturated rings. The van der Waals surface area contributed by atoms with E-state index in [0.717, 1.165) is 22.4 Å². The number of anilines is 1. The fourth-order valence-corrected chi connectivity index (χ4v) is 2.65. The Bertz CT molecular complexity index is 699. The van der Waals surface area contributed by atoms with Crippen molar-refractivity contribution in [3.8, 4) is 11.1 Å². The van der Waals surface area contributed by atoms with Crippen molar-refractivity contribution >= 4 is 23.2 Å². The van der Waals surface area contributed by atoms with E-state index in [1.807, 2.05) is 42.5 Å². The number of fused-ring (bicyclic) bond motifs is 1. The first-order valence-corrected chi connectivity index (χ1v) is 6.69. The second-order valence-electron chi connectivity index (χ2n) is 4.96. The summed E-state index contributed by atoms with van der Waals surface area (Å²) in [5.74, 6) is -0.141. The van der Waals surface area contributed by atoms with Crippen LogP contribution in [-0.2, 0) is 15.1 Å². The van der Waals surface area contributed by atoms with Gasteiger partial charge < -0.3 is 10.1 Å². The third-order valence-electron chi connectivity index (χ3n) is 3.78. The maximum absolute atomic E-state index is 12.0. The number of carbonyl (C=O) groups excluding carboxylic acids is 1. The molecule has 1 N–H and O–H groups in total. The molecule has 1 unspecified atom stereocenters. The maximum Gasteiger partial charge on any atom is 0.261 e. The summed E-state index contributed by atoms with van der Waals surface area (Å²) < 4.78 is 5.41. The minimum absolute atomic E-state index is 0.141. The number of ether oxygens (including phenoxy) is 1. The van der Waals surface area contributed by atoms with E-state index < -0.39 is 5.60 Å². The third kappa shape index (κ3) is 1.90. The normalized spacial score (nSPS) is 20.6. The summed E-state index contributed by atoms with van der Waals surface area (Å²) >= 11 is 6.03. The van der Waals surface area contributed by atoms with Crippen LogP contribution in [0.2, 0.25) is 5.02 Å². The number of rotatable bonds is 2. The molecule has 0 saturated heterocycles. The first-order chi connectivity index (χ1) is 9.54. The van der Waals surface area contributed by atoms with Crippen LogP contribution in [0.1, 0.15) is 12.5 Å². The monoisotopic (exact) mass is 287 g/mol. The van der Waals surface area contributed by atoms with Crippen LogP contribution in [0.15, 0.2) is 42.5 Å².